The average molecular weight is 514 g/mol. The van der Waals surface area contributed by atoms with E-state index in [0.29, 0.717) is 11.7 Å². The maximum Gasteiger partial charge on any atom is 0.170 e. The van der Waals surface area contributed by atoms with E-state index in [4.69, 9.17) is 21.4 Å². The summed E-state index contributed by atoms with van der Waals surface area (Å²) in [6.07, 6.45) is 3.55. The van der Waals surface area contributed by atoms with E-state index in [1.165, 1.54) is 22.6 Å². The minimum Gasteiger partial charge on any atom is -0.467 e. The second-order valence-electron chi connectivity index (χ2n) is 9.61. The zero-order chi connectivity index (χ0) is 25.4. The number of nitrogens with one attached hydrogen (secondary N) is 1. The van der Waals surface area contributed by atoms with Crippen molar-refractivity contribution in [3.63, 3.8) is 0 Å². The summed E-state index contributed by atoms with van der Waals surface area (Å²) in [7, 11) is 0. The first-order valence-corrected chi connectivity index (χ1v) is 13.1. The van der Waals surface area contributed by atoms with E-state index in [9.17, 15) is 0 Å². The zero-order valence-electron chi connectivity index (χ0n) is 21.1. The molecule has 5 heterocycles. The SMILES string of the molecule is Cc1cc(C2C(c3ccccn3)NC(=S)N2Cc2ccco2)c(C)n1-c1ccc(N2CCOCC2)cc1. The molecule has 2 saturated heterocycles. The van der Waals surface area contributed by atoms with Gasteiger partial charge in [-0.3, -0.25) is 4.98 Å². The summed E-state index contributed by atoms with van der Waals surface area (Å²) >= 11 is 5.85. The van der Waals surface area contributed by atoms with Gasteiger partial charge in [-0.1, -0.05) is 6.07 Å². The van der Waals surface area contributed by atoms with Gasteiger partial charge in [0, 0.05) is 42.0 Å². The fraction of sp³-hybridized carbons (Fsp3) is 0.310. The van der Waals surface area contributed by atoms with E-state index >= 15 is 0 Å². The lowest BCUT2D eigenvalue weighted by atomic mass is 9.96. The van der Waals surface area contributed by atoms with Crippen LogP contribution in [-0.4, -0.2) is 45.9 Å². The van der Waals surface area contributed by atoms with Gasteiger partial charge in [0.25, 0.3) is 0 Å². The Morgan fingerprint density at radius 1 is 1.00 bits per heavy atom. The quantitative estimate of drug-likeness (QED) is 0.360. The van der Waals surface area contributed by atoms with E-state index in [-0.39, 0.29) is 12.1 Å². The zero-order valence-corrected chi connectivity index (χ0v) is 21.9. The predicted molar refractivity (Wildman–Crippen MR) is 148 cm³/mol. The third-order valence-electron chi connectivity index (χ3n) is 7.38. The number of ether oxygens (including phenoxy) is 1. The van der Waals surface area contributed by atoms with Crippen molar-refractivity contribution in [2.75, 3.05) is 31.2 Å². The fourth-order valence-corrected chi connectivity index (χ4v) is 5.91. The van der Waals surface area contributed by atoms with Gasteiger partial charge in [0.1, 0.15) is 5.76 Å². The van der Waals surface area contributed by atoms with Crippen molar-refractivity contribution in [1.82, 2.24) is 19.8 Å². The molecule has 7 nitrogen and oxygen atoms in total. The minimum absolute atomic E-state index is 0.0277. The van der Waals surface area contributed by atoms with E-state index in [0.717, 1.165) is 43.4 Å². The molecule has 8 heteroatoms. The van der Waals surface area contributed by atoms with Crippen LogP contribution >= 0.6 is 12.2 Å². The van der Waals surface area contributed by atoms with Gasteiger partial charge >= 0.3 is 0 Å². The summed E-state index contributed by atoms with van der Waals surface area (Å²) in [4.78, 5) is 9.28. The number of aromatic nitrogens is 2. The number of anilines is 1. The molecule has 190 valence electrons. The molecule has 0 saturated carbocycles. The number of hydrogen-bond donors (Lipinski definition) is 1. The van der Waals surface area contributed by atoms with Crippen LogP contribution in [0, 0.1) is 13.8 Å². The summed E-state index contributed by atoms with van der Waals surface area (Å²) in [6, 6.07) is 21.0. The molecule has 0 radical (unpaired) electrons. The Kier molecular flexibility index (Phi) is 6.44. The molecule has 0 aliphatic carbocycles. The first-order valence-electron chi connectivity index (χ1n) is 12.7. The molecule has 0 bridgehead atoms. The van der Waals surface area contributed by atoms with Gasteiger partial charge in [-0.25, -0.2) is 0 Å². The summed E-state index contributed by atoms with van der Waals surface area (Å²) in [5.41, 5.74) is 6.96. The fourth-order valence-electron chi connectivity index (χ4n) is 5.60. The highest BCUT2D eigenvalue weighted by Crippen LogP contribution is 2.42. The maximum absolute atomic E-state index is 5.85. The van der Waals surface area contributed by atoms with Crippen LogP contribution in [0.5, 0.6) is 0 Å². The molecule has 4 aromatic rings. The molecule has 6 rings (SSSR count). The van der Waals surface area contributed by atoms with Crippen molar-refractivity contribution in [2.45, 2.75) is 32.5 Å². The van der Waals surface area contributed by atoms with Crippen molar-refractivity contribution in [3.05, 3.63) is 102 Å². The van der Waals surface area contributed by atoms with Crippen LogP contribution in [-0.2, 0) is 11.3 Å². The van der Waals surface area contributed by atoms with E-state index in [2.05, 4.69) is 74.9 Å². The first-order chi connectivity index (χ1) is 18.1. The van der Waals surface area contributed by atoms with Gasteiger partial charge in [-0.05, 0) is 86.2 Å². The molecule has 2 unspecified atom stereocenters. The summed E-state index contributed by atoms with van der Waals surface area (Å²) in [5.74, 6) is 0.878. The van der Waals surface area contributed by atoms with Gasteiger partial charge < -0.3 is 28.8 Å². The topological polar surface area (TPSA) is 58.7 Å². The number of nitrogens with zero attached hydrogens (tertiary/aromatic N) is 4. The lowest BCUT2D eigenvalue weighted by Gasteiger charge is -2.29. The molecule has 1 N–H and O–H groups in total. The van der Waals surface area contributed by atoms with Gasteiger partial charge in [0.05, 0.1) is 43.8 Å². The average Bonchev–Trinajstić information content (AvgIpc) is 3.64. The lowest BCUT2D eigenvalue weighted by Crippen LogP contribution is -2.36. The second-order valence-corrected chi connectivity index (χ2v) is 10.00. The molecule has 2 fully saturated rings. The van der Waals surface area contributed by atoms with Gasteiger partial charge in [0.2, 0.25) is 0 Å². The van der Waals surface area contributed by atoms with Crippen LogP contribution in [0.2, 0.25) is 0 Å². The van der Waals surface area contributed by atoms with Gasteiger partial charge in [0.15, 0.2) is 5.11 Å². The highest BCUT2D eigenvalue weighted by molar-refractivity contribution is 7.80. The molecule has 0 spiro atoms. The molecule has 2 aliphatic heterocycles. The number of pyridine rings is 1. The van der Waals surface area contributed by atoms with Crippen LogP contribution in [0.25, 0.3) is 5.69 Å². The molecule has 1 aromatic carbocycles. The highest BCUT2D eigenvalue weighted by Gasteiger charge is 2.41. The first kappa shape index (κ1) is 23.8. The van der Waals surface area contributed by atoms with Crippen LogP contribution < -0.4 is 10.2 Å². The number of hydrogen-bond acceptors (Lipinski definition) is 5. The Morgan fingerprint density at radius 3 is 2.49 bits per heavy atom. The van der Waals surface area contributed by atoms with Crippen molar-refractivity contribution in [2.24, 2.45) is 0 Å². The van der Waals surface area contributed by atoms with Gasteiger partial charge in [-0.2, -0.15) is 0 Å². The number of furan rings is 1. The Morgan fingerprint density at radius 2 is 1.78 bits per heavy atom. The second kappa shape index (κ2) is 10.0. The standard InChI is InChI=1S/C29H31N5O2S/c1-20-18-25(21(2)34(20)23-10-8-22(9-11-23)32-13-16-35-17-14-32)28-27(26-7-3-4-12-30-26)31-29(37)33(28)19-24-6-5-15-36-24/h3-12,15,18,27-28H,13-14,16-17,19H2,1-2H3,(H,31,37). The predicted octanol–water partition coefficient (Wildman–Crippen LogP) is 5.09. The summed E-state index contributed by atoms with van der Waals surface area (Å²) in [5, 5.41) is 4.25. The van der Waals surface area contributed by atoms with E-state index < -0.39 is 0 Å². The number of benzene rings is 1. The van der Waals surface area contributed by atoms with E-state index in [1.807, 2.05) is 30.5 Å². The molecule has 2 aliphatic rings. The normalized spacial score (nSPS) is 19.9. The molecular weight excluding hydrogens is 482 g/mol. The molecule has 2 atom stereocenters. The summed E-state index contributed by atoms with van der Waals surface area (Å²) < 4.78 is 13.5. The number of rotatable bonds is 6. The third-order valence-corrected chi connectivity index (χ3v) is 7.73. The highest BCUT2D eigenvalue weighted by atomic mass is 32.1. The number of thiocarbonyl (C=S) groups is 1. The molecule has 0 amide bonds. The Bertz CT molecular complexity index is 1360. The number of aryl methyl sites for hydroxylation is 1. The third kappa shape index (κ3) is 4.51. The number of morpholine rings is 1. The summed E-state index contributed by atoms with van der Waals surface area (Å²) in [6.45, 7) is 8.37. The van der Waals surface area contributed by atoms with Crippen LogP contribution in [0.3, 0.4) is 0 Å². The molecule has 3 aromatic heterocycles. The van der Waals surface area contributed by atoms with Crippen molar-refractivity contribution in [3.8, 4) is 5.69 Å². The Balaban J connectivity index is 1.37. The molecular formula is C29H31N5O2S. The van der Waals surface area contributed by atoms with Crippen LogP contribution in [0.4, 0.5) is 5.69 Å². The van der Waals surface area contributed by atoms with Crippen LogP contribution in [0.15, 0.2) is 77.5 Å². The van der Waals surface area contributed by atoms with Gasteiger partial charge in [-0.15, -0.1) is 0 Å². The largest absolute Gasteiger partial charge is 0.467 e. The van der Waals surface area contributed by atoms with E-state index in [1.54, 1.807) is 6.26 Å². The lowest BCUT2D eigenvalue weighted by molar-refractivity contribution is 0.122. The van der Waals surface area contributed by atoms with Crippen LogP contribution in [0.1, 0.15) is 40.5 Å². The monoisotopic (exact) mass is 513 g/mol. The Hall–Kier alpha value is -3.62. The smallest absolute Gasteiger partial charge is 0.170 e. The minimum atomic E-state index is -0.0682. The van der Waals surface area contributed by atoms with Crippen molar-refractivity contribution < 1.29 is 9.15 Å². The maximum atomic E-state index is 5.85. The van der Waals surface area contributed by atoms with Crippen molar-refractivity contribution >= 4 is 23.0 Å². The van der Waals surface area contributed by atoms with Crippen molar-refractivity contribution in [1.29, 1.82) is 0 Å². The Labute approximate surface area is 222 Å². The molecule has 37 heavy (non-hydrogen) atoms.